The summed E-state index contributed by atoms with van der Waals surface area (Å²) in [5.74, 6) is -0.798. The number of rotatable bonds is 8. The molecule has 3 rings (SSSR count). The number of halogens is 6. The first-order valence-corrected chi connectivity index (χ1v) is 12.6. The third-order valence-electron chi connectivity index (χ3n) is 5.26. The highest BCUT2D eigenvalue weighted by Crippen LogP contribution is 2.32. The van der Waals surface area contributed by atoms with Gasteiger partial charge in [0.05, 0.1) is 11.1 Å². The summed E-state index contributed by atoms with van der Waals surface area (Å²) in [7, 11) is -4.57. The minimum atomic E-state index is -4.74. The first-order valence-electron chi connectivity index (χ1n) is 11.2. The number of nitrogens with zero attached hydrogens (tertiary/aromatic N) is 1. The van der Waals surface area contributed by atoms with E-state index in [9.17, 15) is 39.6 Å². The molecule has 0 saturated carbocycles. The van der Waals surface area contributed by atoms with Crippen molar-refractivity contribution in [2.24, 2.45) is 5.92 Å². The molecule has 3 aromatic carbocycles. The molecule has 38 heavy (non-hydrogen) atoms. The van der Waals surface area contributed by atoms with E-state index in [2.05, 4.69) is 0 Å². The summed E-state index contributed by atoms with van der Waals surface area (Å²) in [5, 5.41) is 0. The van der Waals surface area contributed by atoms with Crippen LogP contribution in [0.2, 0.25) is 0 Å². The number of hydrogen-bond acceptors (Lipinski definition) is 4. The molecule has 5 nitrogen and oxygen atoms in total. The van der Waals surface area contributed by atoms with E-state index >= 15 is 0 Å². The SMILES string of the molecule is CC(C)CN(Cc1ccc(OS(=O)(=O)c2cccc(C(F)(F)F)c2)cc1)C(=O)c1cccc(C(F)(F)F)c1. The average Bonchev–Trinajstić information content (AvgIpc) is 2.83. The molecule has 204 valence electrons. The predicted molar refractivity (Wildman–Crippen MR) is 127 cm³/mol. The van der Waals surface area contributed by atoms with Crippen molar-refractivity contribution in [1.29, 1.82) is 0 Å². The second-order valence-electron chi connectivity index (χ2n) is 8.87. The summed E-state index contributed by atoms with van der Waals surface area (Å²) in [6.07, 6.45) is -9.34. The lowest BCUT2D eigenvalue weighted by molar-refractivity contribution is -0.138. The van der Waals surface area contributed by atoms with Crippen molar-refractivity contribution in [1.82, 2.24) is 4.90 Å². The fraction of sp³-hybridized carbons (Fsp3) is 0.269. The van der Waals surface area contributed by atoms with Crippen LogP contribution < -0.4 is 4.18 Å². The van der Waals surface area contributed by atoms with E-state index in [4.69, 9.17) is 4.18 Å². The molecular weight excluding hydrogens is 536 g/mol. The van der Waals surface area contributed by atoms with Gasteiger partial charge in [-0.1, -0.05) is 38.1 Å². The van der Waals surface area contributed by atoms with Crippen LogP contribution in [0.25, 0.3) is 0 Å². The van der Waals surface area contributed by atoms with Crippen molar-refractivity contribution in [3.63, 3.8) is 0 Å². The first kappa shape index (κ1) is 29.0. The van der Waals surface area contributed by atoms with Gasteiger partial charge >= 0.3 is 22.5 Å². The van der Waals surface area contributed by atoms with Gasteiger partial charge in [-0.3, -0.25) is 4.79 Å². The van der Waals surface area contributed by atoms with Gasteiger partial charge in [0.1, 0.15) is 10.6 Å². The maximum absolute atomic E-state index is 13.1. The molecule has 0 fully saturated rings. The second-order valence-corrected chi connectivity index (χ2v) is 10.4. The van der Waals surface area contributed by atoms with Crippen LogP contribution in [-0.4, -0.2) is 25.8 Å². The molecule has 0 heterocycles. The number of carbonyl (C=O) groups excluding carboxylic acids is 1. The Morgan fingerprint density at radius 3 is 1.95 bits per heavy atom. The first-order chi connectivity index (χ1) is 17.6. The van der Waals surface area contributed by atoms with E-state index in [1.807, 2.05) is 13.8 Å². The van der Waals surface area contributed by atoms with Gasteiger partial charge in [-0.05, 0) is 60.0 Å². The molecule has 0 spiro atoms. The second kappa shape index (κ2) is 11.1. The average molecular weight is 560 g/mol. The molecule has 3 aromatic rings. The van der Waals surface area contributed by atoms with Gasteiger partial charge in [-0.15, -0.1) is 0 Å². The molecule has 0 N–H and O–H groups in total. The van der Waals surface area contributed by atoms with Gasteiger partial charge in [-0.25, -0.2) is 0 Å². The molecule has 0 aliphatic rings. The zero-order valence-electron chi connectivity index (χ0n) is 20.2. The minimum absolute atomic E-state index is 0.00785. The molecule has 12 heteroatoms. The lowest BCUT2D eigenvalue weighted by Crippen LogP contribution is -2.34. The van der Waals surface area contributed by atoms with Gasteiger partial charge in [0, 0.05) is 18.7 Å². The molecule has 0 unspecified atom stereocenters. The standard InChI is InChI=1S/C26H23F6NO4S/c1-17(2)15-33(24(34)19-5-3-6-20(13-19)25(27,28)29)16-18-9-11-22(12-10-18)37-38(35,36)23-8-4-7-21(14-23)26(30,31)32/h3-14,17H,15-16H2,1-2H3. The lowest BCUT2D eigenvalue weighted by atomic mass is 10.1. The van der Waals surface area contributed by atoms with Gasteiger partial charge in [0.2, 0.25) is 0 Å². The summed E-state index contributed by atoms with van der Waals surface area (Å²) < 4.78 is 108. The van der Waals surface area contributed by atoms with E-state index in [1.165, 1.54) is 35.2 Å². The number of carbonyl (C=O) groups is 1. The monoisotopic (exact) mass is 559 g/mol. The van der Waals surface area contributed by atoms with E-state index in [1.54, 1.807) is 0 Å². The molecular formula is C26H23F6NO4S. The summed E-state index contributed by atoms with van der Waals surface area (Å²) in [5.41, 5.74) is -1.70. The normalized spacial score (nSPS) is 12.4. The smallest absolute Gasteiger partial charge is 0.379 e. The van der Waals surface area contributed by atoms with E-state index in [0.29, 0.717) is 11.6 Å². The molecule has 0 aromatic heterocycles. The topological polar surface area (TPSA) is 63.7 Å². The Labute approximate surface area is 215 Å². The van der Waals surface area contributed by atoms with Crippen LogP contribution >= 0.6 is 0 Å². The fourth-order valence-electron chi connectivity index (χ4n) is 3.54. The maximum Gasteiger partial charge on any atom is 0.416 e. The lowest BCUT2D eigenvalue weighted by Gasteiger charge is -2.25. The third-order valence-corrected chi connectivity index (χ3v) is 6.51. The highest BCUT2D eigenvalue weighted by molar-refractivity contribution is 7.87. The molecule has 0 bridgehead atoms. The number of hydrogen-bond donors (Lipinski definition) is 0. The van der Waals surface area contributed by atoms with E-state index < -0.39 is 44.4 Å². The Morgan fingerprint density at radius 2 is 1.39 bits per heavy atom. The quantitative estimate of drug-likeness (QED) is 0.225. The van der Waals surface area contributed by atoms with Crippen LogP contribution in [0.5, 0.6) is 5.75 Å². The Kier molecular flexibility index (Phi) is 8.45. The van der Waals surface area contributed by atoms with Gasteiger partial charge in [0.15, 0.2) is 0 Å². The predicted octanol–water partition coefficient (Wildman–Crippen LogP) is 6.79. The highest BCUT2D eigenvalue weighted by atomic mass is 32.2. The molecule has 0 atom stereocenters. The Morgan fingerprint density at radius 1 is 0.842 bits per heavy atom. The zero-order chi connectivity index (χ0) is 28.3. The van der Waals surface area contributed by atoms with Crippen LogP contribution in [0.3, 0.4) is 0 Å². The molecule has 0 saturated heterocycles. The maximum atomic E-state index is 13.1. The zero-order valence-corrected chi connectivity index (χ0v) is 21.0. The number of alkyl halides is 6. The van der Waals surface area contributed by atoms with Gasteiger partial charge < -0.3 is 9.08 Å². The number of amides is 1. The summed E-state index contributed by atoms with van der Waals surface area (Å²) >= 11 is 0. The van der Waals surface area contributed by atoms with Crippen molar-refractivity contribution in [3.8, 4) is 5.75 Å². The minimum Gasteiger partial charge on any atom is -0.379 e. The molecule has 0 aliphatic carbocycles. The Bertz CT molecular complexity index is 1380. The van der Waals surface area contributed by atoms with E-state index in [-0.39, 0.29) is 30.3 Å². The van der Waals surface area contributed by atoms with Crippen LogP contribution in [0.1, 0.15) is 40.9 Å². The molecule has 0 aliphatic heterocycles. The highest BCUT2D eigenvalue weighted by Gasteiger charge is 2.33. The Hall–Kier alpha value is -3.54. The van der Waals surface area contributed by atoms with Crippen molar-refractivity contribution in [3.05, 3.63) is 95.1 Å². The third kappa shape index (κ3) is 7.50. The van der Waals surface area contributed by atoms with Crippen molar-refractivity contribution in [2.45, 2.75) is 37.6 Å². The van der Waals surface area contributed by atoms with Gasteiger partial charge in [-0.2, -0.15) is 34.8 Å². The fourth-order valence-corrected chi connectivity index (χ4v) is 4.52. The summed E-state index contributed by atoms with van der Waals surface area (Å²) in [6, 6.07) is 12.7. The van der Waals surface area contributed by atoms with Crippen molar-refractivity contribution < 1.29 is 43.7 Å². The Balaban J connectivity index is 1.78. The van der Waals surface area contributed by atoms with Gasteiger partial charge in [0.25, 0.3) is 5.91 Å². The summed E-state index contributed by atoms with van der Waals surface area (Å²) in [4.78, 5) is 13.7. The number of benzene rings is 3. The van der Waals surface area contributed by atoms with Crippen LogP contribution in [0, 0.1) is 5.92 Å². The molecule has 1 amide bonds. The summed E-state index contributed by atoms with van der Waals surface area (Å²) in [6.45, 7) is 3.91. The van der Waals surface area contributed by atoms with Crippen LogP contribution in [0.4, 0.5) is 26.3 Å². The van der Waals surface area contributed by atoms with Crippen LogP contribution in [0.15, 0.2) is 77.7 Å². The van der Waals surface area contributed by atoms with Crippen LogP contribution in [-0.2, 0) is 29.0 Å². The molecule has 0 radical (unpaired) electrons. The van der Waals surface area contributed by atoms with Crippen molar-refractivity contribution in [2.75, 3.05) is 6.54 Å². The van der Waals surface area contributed by atoms with E-state index in [0.717, 1.165) is 36.4 Å². The van der Waals surface area contributed by atoms with Crippen molar-refractivity contribution >= 4 is 16.0 Å². The largest absolute Gasteiger partial charge is 0.416 e.